The van der Waals surface area contributed by atoms with Gasteiger partial charge in [0, 0.05) is 5.56 Å². The average molecular weight is 276 g/mol. The van der Waals surface area contributed by atoms with Gasteiger partial charge in [0.05, 0.1) is 6.04 Å². The molecule has 0 bridgehead atoms. The van der Waals surface area contributed by atoms with Crippen LogP contribution in [0.15, 0.2) is 42.5 Å². The molecule has 1 atom stereocenters. The van der Waals surface area contributed by atoms with E-state index in [4.69, 9.17) is 5.84 Å². The van der Waals surface area contributed by atoms with Gasteiger partial charge in [-0.2, -0.15) is 0 Å². The first-order chi connectivity index (χ1) is 9.65. The molecular weight excluding hydrogens is 258 g/mol. The van der Waals surface area contributed by atoms with E-state index in [-0.39, 0.29) is 5.56 Å². The van der Waals surface area contributed by atoms with Crippen molar-refractivity contribution in [2.24, 2.45) is 5.84 Å². The smallest absolute Gasteiger partial charge is 0.163 e. The molecule has 2 rings (SSSR count). The monoisotopic (exact) mass is 276 g/mol. The molecule has 0 saturated carbocycles. The number of hydrogen-bond acceptors (Lipinski definition) is 2. The predicted molar refractivity (Wildman–Crippen MR) is 75.9 cm³/mol. The van der Waals surface area contributed by atoms with Gasteiger partial charge in [-0.3, -0.25) is 11.3 Å². The maximum Gasteiger partial charge on any atom is 0.163 e. The van der Waals surface area contributed by atoms with Crippen LogP contribution in [0, 0.1) is 11.6 Å². The lowest BCUT2D eigenvalue weighted by Gasteiger charge is -2.17. The number of hydrazine groups is 1. The molecule has 0 aliphatic heterocycles. The van der Waals surface area contributed by atoms with Crippen LogP contribution < -0.4 is 11.3 Å². The van der Waals surface area contributed by atoms with E-state index in [1.54, 1.807) is 6.07 Å². The Labute approximate surface area is 117 Å². The fraction of sp³-hybridized carbons (Fsp3) is 0.250. The number of hydrogen-bond donors (Lipinski definition) is 2. The molecule has 2 nitrogen and oxygen atoms in total. The third-order valence-electron chi connectivity index (χ3n) is 3.43. The highest BCUT2D eigenvalue weighted by Gasteiger charge is 2.17. The van der Waals surface area contributed by atoms with E-state index in [1.807, 2.05) is 24.3 Å². The van der Waals surface area contributed by atoms with Gasteiger partial charge < -0.3 is 0 Å². The van der Waals surface area contributed by atoms with Gasteiger partial charge in [-0.05, 0) is 30.0 Å². The molecule has 0 amide bonds. The summed E-state index contributed by atoms with van der Waals surface area (Å²) in [5, 5.41) is 0. The van der Waals surface area contributed by atoms with Crippen LogP contribution in [0.25, 0.3) is 0 Å². The number of benzene rings is 2. The Bertz CT molecular complexity index is 567. The lowest BCUT2D eigenvalue weighted by Crippen LogP contribution is -2.30. The fourth-order valence-electron chi connectivity index (χ4n) is 2.20. The third-order valence-corrected chi connectivity index (χ3v) is 3.43. The molecule has 0 aliphatic rings. The van der Waals surface area contributed by atoms with Gasteiger partial charge in [-0.25, -0.2) is 8.78 Å². The summed E-state index contributed by atoms with van der Waals surface area (Å²) in [5.74, 6) is 3.78. The minimum absolute atomic E-state index is 0.243. The van der Waals surface area contributed by atoms with Gasteiger partial charge >= 0.3 is 0 Å². The minimum Gasteiger partial charge on any atom is -0.271 e. The number of rotatable bonds is 5. The number of aryl methyl sites for hydroxylation is 1. The molecule has 106 valence electrons. The summed E-state index contributed by atoms with van der Waals surface area (Å²) in [6, 6.07) is 11.7. The fourth-order valence-corrected chi connectivity index (χ4v) is 2.20. The molecule has 4 heteroatoms. The molecular formula is C16H18F2N2. The Balaban J connectivity index is 2.21. The Morgan fingerprint density at radius 1 is 1.05 bits per heavy atom. The van der Waals surface area contributed by atoms with E-state index >= 15 is 0 Å². The highest BCUT2D eigenvalue weighted by atomic mass is 19.2. The maximum absolute atomic E-state index is 13.8. The predicted octanol–water partition coefficient (Wildman–Crippen LogP) is 3.27. The molecule has 0 saturated heterocycles. The molecule has 3 N–H and O–H groups in total. The highest BCUT2D eigenvalue weighted by Crippen LogP contribution is 2.22. The average Bonchev–Trinajstić information content (AvgIpc) is 2.48. The quantitative estimate of drug-likeness (QED) is 0.649. The largest absolute Gasteiger partial charge is 0.271 e. The standard InChI is InChI=1S/C16H18F2N2/c1-2-11-6-8-12(9-7-11)10-15(20-19)13-4-3-5-14(17)16(13)18/h3-9,15,20H,2,10,19H2,1H3. The number of nitrogens with two attached hydrogens (primary N) is 1. The van der Waals surface area contributed by atoms with Gasteiger partial charge in [-0.15, -0.1) is 0 Å². The lowest BCUT2D eigenvalue weighted by atomic mass is 9.98. The lowest BCUT2D eigenvalue weighted by molar-refractivity contribution is 0.464. The first kappa shape index (κ1) is 14.6. The minimum atomic E-state index is -0.857. The van der Waals surface area contributed by atoms with Gasteiger partial charge in [-0.1, -0.05) is 43.3 Å². The molecule has 0 aliphatic carbocycles. The van der Waals surface area contributed by atoms with Crippen LogP contribution in [-0.4, -0.2) is 0 Å². The van der Waals surface area contributed by atoms with E-state index in [9.17, 15) is 8.78 Å². The van der Waals surface area contributed by atoms with Crippen LogP contribution in [-0.2, 0) is 12.8 Å². The summed E-state index contributed by atoms with van der Waals surface area (Å²) < 4.78 is 27.1. The van der Waals surface area contributed by atoms with Crippen LogP contribution in [0.1, 0.15) is 29.7 Å². The van der Waals surface area contributed by atoms with E-state index in [1.165, 1.54) is 11.6 Å². The molecule has 2 aromatic rings. The summed E-state index contributed by atoms with van der Waals surface area (Å²) >= 11 is 0. The van der Waals surface area contributed by atoms with Crippen LogP contribution in [0.5, 0.6) is 0 Å². The van der Waals surface area contributed by atoms with Crippen molar-refractivity contribution in [1.82, 2.24) is 5.43 Å². The second-order valence-electron chi connectivity index (χ2n) is 4.74. The molecule has 20 heavy (non-hydrogen) atoms. The van der Waals surface area contributed by atoms with E-state index in [0.717, 1.165) is 18.1 Å². The van der Waals surface area contributed by atoms with Crippen molar-refractivity contribution < 1.29 is 8.78 Å². The van der Waals surface area contributed by atoms with Gasteiger partial charge in [0.1, 0.15) is 0 Å². The Kier molecular flexibility index (Phi) is 4.82. The van der Waals surface area contributed by atoms with E-state index in [2.05, 4.69) is 12.3 Å². The second-order valence-corrected chi connectivity index (χ2v) is 4.74. The van der Waals surface area contributed by atoms with Crippen molar-refractivity contribution in [3.05, 3.63) is 70.8 Å². The molecule has 0 aromatic heterocycles. The number of halogens is 2. The van der Waals surface area contributed by atoms with E-state index < -0.39 is 17.7 Å². The van der Waals surface area contributed by atoms with Crippen molar-refractivity contribution >= 4 is 0 Å². The van der Waals surface area contributed by atoms with Crippen molar-refractivity contribution in [3.8, 4) is 0 Å². The topological polar surface area (TPSA) is 38.0 Å². The second kappa shape index (κ2) is 6.59. The van der Waals surface area contributed by atoms with Crippen LogP contribution in [0.2, 0.25) is 0 Å². The Morgan fingerprint density at radius 3 is 2.30 bits per heavy atom. The normalized spacial score (nSPS) is 12.4. The van der Waals surface area contributed by atoms with Crippen LogP contribution in [0.4, 0.5) is 8.78 Å². The summed E-state index contributed by atoms with van der Waals surface area (Å²) in [5.41, 5.74) is 5.06. The molecule has 1 unspecified atom stereocenters. The first-order valence-corrected chi connectivity index (χ1v) is 6.63. The van der Waals surface area contributed by atoms with Crippen molar-refractivity contribution in [3.63, 3.8) is 0 Å². The van der Waals surface area contributed by atoms with Gasteiger partial charge in [0.2, 0.25) is 0 Å². The molecule has 0 radical (unpaired) electrons. The van der Waals surface area contributed by atoms with Crippen molar-refractivity contribution in [2.75, 3.05) is 0 Å². The van der Waals surface area contributed by atoms with Crippen molar-refractivity contribution in [2.45, 2.75) is 25.8 Å². The zero-order valence-electron chi connectivity index (χ0n) is 11.4. The number of nitrogens with one attached hydrogen (secondary N) is 1. The highest BCUT2D eigenvalue weighted by molar-refractivity contribution is 5.27. The zero-order valence-corrected chi connectivity index (χ0v) is 11.4. The molecule has 0 heterocycles. The summed E-state index contributed by atoms with van der Waals surface area (Å²) in [6.45, 7) is 2.08. The van der Waals surface area contributed by atoms with Gasteiger partial charge in [0.15, 0.2) is 11.6 Å². The van der Waals surface area contributed by atoms with Crippen molar-refractivity contribution in [1.29, 1.82) is 0 Å². The Morgan fingerprint density at radius 2 is 1.70 bits per heavy atom. The maximum atomic E-state index is 13.8. The van der Waals surface area contributed by atoms with Crippen LogP contribution in [0.3, 0.4) is 0 Å². The van der Waals surface area contributed by atoms with Gasteiger partial charge in [0.25, 0.3) is 0 Å². The first-order valence-electron chi connectivity index (χ1n) is 6.63. The summed E-state index contributed by atoms with van der Waals surface area (Å²) in [6.07, 6.45) is 1.47. The molecule has 0 fully saturated rings. The SMILES string of the molecule is CCc1ccc(CC(NN)c2cccc(F)c2F)cc1. The Hall–Kier alpha value is -1.78. The zero-order chi connectivity index (χ0) is 14.5. The third kappa shape index (κ3) is 3.21. The molecule has 0 spiro atoms. The van der Waals surface area contributed by atoms with E-state index in [0.29, 0.717) is 6.42 Å². The summed E-state index contributed by atoms with van der Waals surface area (Å²) in [4.78, 5) is 0. The molecule has 2 aromatic carbocycles. The van der Waals surface area contributed by atoms with Crippen LogP contribution >= 0.6 is 0 Å². The summed E-state index contributed by atoms with van der Waals surface area (Å²) in [7, 11) is 0.